The molecule has 1 atom stereocenters. The van der Waals surface area contributed by atoms with E-state index in [0.717, 1.165) is 31.0 Å². The van der Waals surface area contributed by atoms with Crippen LogP contribution in [0.15, 0.2) is 66.7 Å². The molecule has 0 aromatic heterocycles. The average Bonchev–Trinajstić information content (AvgIpc) is 3.34. The molecule has 46 heavy (non-hydrogen) atoms. The number of halogens is 2. The summed E-state index contributed by atoms with van der Waals surface area (Å²) >= 11 is 13.2. The molecular formula is C37H48Cl2NO4Si2. The highest BCUT2D eigenvalue weighted by atomic mass is 35.5. The van der Waals surface area contributed by atoms with Crippen molar-refractivity contribution in [3.63, 3.8) is 0 Å². The number of likely N-dealkylation sites (tertiary alicyclic amines) is 1. The lowest BCUT2D eigenvalue weighted by Crippen LogP contribution is -2.51. The summed E-state index contributed by atoms with van der Waals surface area (Å²) in [5.74, 6) is 1.13. The zero-order chi connectivity index (χ0) is 33.1. The van der Waals surface area contributed by atoms with Crippen LogP contribution in [0.2, 0.25) is 35.7 Å². The molecule has 1 saturated heterocycles. The predicted octanol–water partition coefficient (Wildman–Crippen LogP) is 7.90. The van der Waals surface area contributed by atoms with Gasteiger partial charge in [0, 0.05) is 51.8 Å². The summed E-state index contributed by atoms with van der Waals surface area (Å²) in [7, 11) is -2.57. The number of nitrogens with zero attached hydrogens (tertiary/aromatic N) is 1. The molecule has 0 spiro atoms. The molecule has 1 radical (unpaired) electrons. The molecular weight excluding hydrogens is 649 g/mol. The highest BCUT2D eigenvalue weighted by molar-refractivity contribution is 6.80. The normalized spacial score (nSPS) is 20.3. The Balaban J connectivity index is 1.18. The van der Waals surface area contributed by atoms with E-state index in [4.69, 9.17) is 37.1 Å². The maximum Gasteiger partial charge on any atom is 0.283 e. The van der Waals surface area contributed by atoms with E-state index in [1.807, 2.05) is 11.0 Å². The summed E-state index contributed by atoms with van der Waals surface area (Å²) in [6.07, 6.45) is 2.50. The number of benzene rings is 3. The monoisotopic (exact) mass is 696 g/mol. The summed E-state index contributed by atoms with van der Waals surface area (Å²) in [5, 5.41) is 3.46. The number of rotatable bonds is 13. The van der Waals surface area contributed by atoms with Gasteiger partial charge in [0.2, 0.25) is 5.91 Å². The molecule has 247 valence electrons. The minimum absolute atomic E-state index is 0.0771. The summed E-state index contributed by atoms with van der Waals surface area (Å²) in [4.78, 5) is 15.2. The van der Waals surface area contributed by atoms with Gasteiger partial charge < -0.3 is 18.8 Å². The lowest BCUT2D eigenvalue weighted by molar-refractivity contribution is -0.129. The minimum Gasteiger partial charge on any atom is -0.467 e. The Kier molecular flexibility index (Phi) is 11.4. The Hall–Kier alpha value is -2.14. The van der Waals surface area contributed by atoms with E-state index >= 15 is 0 Å². The predicted molar refractivity (Wildman–Crippen MR) is 194 cm³/mol. The van der Waals surface area contributed by atoms with E-state index in [0.29, 0.717) is 41.3 Å². The highest BCUT2D eigenvalue weighted by Gasteiger charge is 2.39. The van der Waals surface area contributed by atoms with Crippen molar-refractivity contribution in [1.29, 1.82) is 0 Å². The van der Waals surface area contributed by atoms with Crippen molar-refractivity contribution in [3.05, 3.63) is 87.9 Å². The Morgan fingerprint density at radius 3 is 2.26 bits per heavy atom. The van der Waals surface area contributed by atoms with Gasteiger partial charge in [-0.3, -0.25) is 4.79 Å². The van der Waals surface area contributed by atoms with Crippen LogP contribution in [0.3, 0.4) is 0 Å². The molecule has 3 aromatic rings. The Morgan fingerprint density at radius 2 is 1.61 bits per heavy atom. The van der Waals surface area contributed by atoms with Gasteiger partial charge in [-0.25, -0.2) is 0 Å². The number of hydrogen-bond acceptors (Lipinski definition) is 4. The number of ether oxygens (including phenoxy) is 2. The van der Waals surface area contributed by atoms with Crippen molar-refractivity contribution < 1.29 is 18.7 Å². The number of amides is 1. The van der Waals surface area contributed by atoms with Gasteiger partial charge >= 0.3 is 0 Å². The van der Waals surface area contributed by atoms with Crippen LogP contribution in [0.25, 0.3) is 0 Å². The standard InChI is InChI=1S/C37H48Cl2NO4Si2/c1-37(2,3)28-12-14-31(15-13-28)45(30-10-8-7-9-11-30)44-29-20-26(21-29)23-40-24-27(22-34(40)41)35-33(17-16-32(38)36(35)39)43-25-42-18-19-46(4,5)6/h7-17,26-27,29H,18-25H2,1-6H3. The number of hydrogen-bond donors (Lipinski definition) is 0. The maximum absolute atomic E-state index is 13.2. The van der Waals surface area contributed by atoms with Gasteiger partial charge in [-0.1, -0.05) is 118 Å². The summed E-state index contributed by atoms with van der Waals surface area (Å²) < 4.78 is 18.7. The van der Waals surface area contributed by atoms with Crippen LogP contribution in [0.1, 0.15) is 57.1 Å². The van der Waals surface area contributed by atoms with Crippen LogP contribution in [0.5, 0.6) is 5.75 Å². The fourth-order valence-corrected chi connectivity index (χ4v) is 9.48. The van der Waals surface area contributed by atoms with Crippen molar-refractivity contribution in [2.45, 2.75) is 83.2 Å². The zero-order valence-electron chi connectivity index (χ0n) is 28.1. The van der Waals surface area contributed by atoms with Crippen molar-refractivity contribution in [2.75, 3.05) is 26.5 Å². The molecule has 1 unspecified atom stereocenters. The van der Waals surface area contributed by atoms with Crippen molar-refractivity contribution >= 4 is 56.6 Å². The summed E-state index contributed by atoms with van der Waals surface area (Å²) in [6.45, 7) is 15.9. The molecule has 3 aromatic carbocycles. The second-order valence-corrected chi connectivity index (χ2v) is 23.5. The highest BCUT2D eigenvalue weighted by Crippen LogP contribution is 2.43. The zero-order valence-corrected chi connectivity index (χ0v) is 31.6. The first kappa shape index (κ1) is 35.2. The lowest BCUT2D eigenvalue weighted by atomic mass is 9.82. The van der Waals surface area contributed by atoms with E-state index in [1.54, 1.807) is 6.07 Å². The number of carbonyl (C=O) groups excluding carboxylic acids is 1. The van der Waals surface area contributed by atoms with Crippen molar-refractivity contribution in [3.8, 4) is 5.75 Å². The molecule has 1 aliphatic carbocycles. The first-order valence-electron chi connectivity index (χ1n) is 16.4. The third-order valence-corrected chi connectivity index (χ3v) is 13.8. The van der Waals surface area contributed by atoms with Gasteiger partial charge in [-0.15, -0.1) is 0 Å². The van der Waals surface area contributed by atoms with Crippen LogP contribution in [-0.2, 0) is 19.4 Å². The molecule has 1 amide bonds. The van der Waals surface area contributed by atoms with E-state index in [-0.39, 0.29) is 30.1 Å². The molecule has 2 aliphatic rings. The van der Waals surface area contributed by atoms with Crippen LogP contribution in [0.4, 0.5) is 0 Å². The van der Waals surface area contributed by atoms with Gasteiger partial charge in [0.05, 0.1) is 10.0 Å². The summed E-state index contributed by atoms with van der Waals surface area (Å²) in [5.41, 5.74) is 2.24. The summed E-state index contributed by atoms with van der Waals surface area (Å²) in [6, 6.07) is 24.3. The van der Waals surface area contributed by atoms with Gasteiger partial charge in [-0.2, -0.15) is 0 Å². The largest absolute Gasteiger partial charge is 0.467 e. The fraction of sp³-hybridized carbons (Fsp3) is 0.486. The SMILES string of the molecule is CC(C)(C)c1ccc([Si](OC2CC(CN3CC(c4c(OCOCC[Si](C)(C)C)ccc(Cl)c4Cl)CC3=O)C2)c2ccccc2)cc1. The van der Waals surface area contributed by atoms with Gasteiger partial charge in [-0.05, 0) is 58.3 Å². The molecule has 1 saturated carbocycles. The lowest BCUT2D eigenvalue weighted by Gasteiger charge is -2.39. The molecule has 0 bridgehead atoms. The topological polar surface area (TPSA) is 48.0 Å². The van der Waals surface area contributed by atoms with E-state index < -0.39 is 17.1 Å². The van der Waals surface area contributed by atoms with Crippen molar-refractivity contribution in [2.24, 2.45) is 5.92 Å². The Bertz CT molecular complexity index is 1470. The Morgan fingerprint density at radius 1 is 0.935 bits per heavy atom. The smallest absolute Gasteiger partial charge is 0.283 e. The van der Waals surface area contributed by atoms with Gasteiger partial charge in [0.25, 0.3) is 9.04 Å². The molecule has 5 rings (SSSR count). The molecule has 2 fully saturated rings. The Labute approximate surface area is 288 Å². The third-order valence-electron chi connectivity index (χ3n) is 9.01. The maximum atomic E-state index is 13.2. The van der Waals surface area contributed by atoms with E-state index in [9.17, 15) is 4.79 Å². The molecule has 5 nitrogen and oxygen atoms in total. The minimum atomic E-state index is -1.39. The molecule has 1 aliphatic heterocycles. The first-order valence-corrected chi connectivity index (χ1v) is 22.3. The number of carbonyl (C=O) groups is 1. The van der Waals surface area contributed by atoms with Crippen LogP contribution in [0, 0.1) is 5.92 Å². The molecule has 9 heteroatoms. The average molecular weight is 698 g/mol. The van der Waals surface area contributed by atoms with Gasteiger partial charge in [0.1, 0.15) is 5.75 Å². The van der Waals surface area contributed by atoms with E-state index in [1.165, 1.54) is 15.9 Å². The second kappa shape index (κ2) is 15.0. The molecule has 0 N–H and O–H groups in total. The fourth-order valence-electron chi connectivity index (χ4n) is 6.15. The first-order chi connectivity index (χ1) is 21.8. The quantitative estimate of drug-likeness (QED) is 0.104. The van der Waals surface area contributed by atoms with E-state index in [2.05, 4.69) is 95.0 Å². The molecule has 1 heterocycles. The van der Waals surface area contributed by atoms with Crippen LogP contribution < -0.4 is 15.1 Å². The third kappa shape index (κ3) is 9.06. The van der Waals surface area contributed by atoms with Gasteiger partial charge in [0.15, 0.2) is 6.79 Å². The van der Waals surface area contributed by atoms with Crippen LogP contribution >= 0.6 is 23.2 Å². The van der Waals surface area contributed by atoms with Crippen LogP contribution in [-0.4, -0.2) is 60.5 Å². The second-order valence-electron chi connectivity index (χ2n) is 15.1. The van der Waals surface area contributed by atoms with Crippen molar-refractivity contribution in [1.82, 2.24) is 4.90 Å².